The summed E-state index contributed by atoms with van der Waals surface area (Å²) in [5, 5.41) is 9.63. The van der Waals surface area contributed by atoms with Crippen LogP contribution in [0.25, 0.3) is 0 Å². The van der Waals surface area contributed by atoms with E-state index >= 15 is 0 Å². The lowest BCUT2D eigenvalue weighted by atomic mass is 10.3. The highest BCUT2D eigenvalue weighted by Gasteiger charge is 2.21. The van der Waals surface area contributed by atoms with Gasteiger partial charge < -0.3 is 19.9 Å². The normalized spacial score (nSPS) is 20.2. The summed E-state index contributed by atoms with van der Waals surface area (Å²) in [6.07, 6.45) is 0.166. The van der Waals surface area contributed by atoms with Crippen molar-refractivity contribution in [1.82, 2.24) is 20.8 Å². The van der Waals surface area contributed by atoms with Crippen molar-refractivity contribution in [3.63, 3.8) is 0 Å². The Balaban J connectivity index is 1.69. The van der Waals surface area contributed by atoms with Crippen molar-refractivity contribution < 1.29 is 14.1 Å². The van der Waals surface area contributed by atoms with Crippen LogP contribution in [0.2, 0.25) is 0 Å². The van der Waals surface area contributed by atoms with E-state index in [1.54, 1.807) is 6.92 Å². The van der Waals surface area contributed by atoms with Crippen molar-refractivity contribution >= 4 is 5.91 Å². The van der Waals surface area contributed by atoms with Crippen LogP contribution in [0.3, 0.4) is 0 Å². The number of morpholine rings is 1. The van der Waals surface area contributed by atoms with E-state index in [1.165, 1.54) is 0 Å². The van der Waals surface area contributed by atoms with Crippen LogP contribution in [0.5, 0.6) is 0 Å². The maximum Gasteiger partial charge on any atom is 0.250 e. The molecule has 2 rings (SSSR count). The largest absolute Gasteiger partial charge is 0.366 e. The fourth-order valence-corrected chi connectivity index (χ4v) is 1.59. The van der Waals surface area contributed by atoms with E-state index in [0.29, 0.717) is 37.8 Å². The number of nitrogens with one attached hydrogen (secondary N) is 2. The molecule has 2 heterocycles. The third kappa shape index (κ3) is 3.50. The van der Waals surface area contributed by atoms with Crippen LogP contribution in [0, 0.1) is 6.92 Å². The molecule has 1 amide bonds. The van der Waals surface area contributed by atoms with Gasteiger partial charge in [0, 0.05) is 33.0 Å². The molecule has 7 nitrogen and oxygen atoms in total. The van der Waals surface area contributed by atoms with Crippen LogP contribution in [0.15, 0.2) is 4.52 Å². The Hall–Kier alpha value is -1.47. The molecule has 1 atom stereocenters. The van der Waals surface area contributed by atoms with Crippen LogP contribution < -0.4 is 10.6 Å². The number of amides is 1. The van der Waals surface area contributed by atoms with Gasteiger partial charge in [-0.25, -0.2) is 0 Å². The summed E-state index contributed by atoms with van der Waals surface area (Å²) in [7, 11) is 0. The van der Waals surface area contributed by atoms with Gasteiger partial charge in [-0.3, -0.25) is 4.79 Å². The maximum atomic E-state index is 11.7. The number of carbonyl (C=O) groups is 1. The van der Waals surface area contributed by atoms with Gasteiger partial charge >= 0.3 is 0 Å². The highest BCUT2D eigenvalue weighted by Crippen LogP contribution is 1.97. The quantitative estimate of drug-likeness (QED) is 0.703. The highest BCUT2D eigenvalue weighted by atomic mass is 16.5. The van der Waals surface area contributed by atoms with Crippen LogP contribution in [0.4, 0.5) is 0 Å². The molecule has 17 heavy (non-hydrogen) atoms. The standard InChI is InChI=1S/C10H16N4O3/c1-7-13-9(14-17-7)2-3-12-10(15)8-6-11-4-5-16-8/h8,11H,2-6H2,1H3,(H,12,15). The molecule has 1 saturated heterocycles. The topological polar surface area (TPSA) is 89.3 Å². The third-order valence-corrected chi connectivity index (χ3v) is 2.44. The third-order valence-electron chi connectivity index (χ3n) is 2.44. The fraction of sp³-hybridized carbons (Fsp3) is 0.700. The Kier molecular flexibility index (Phi) is 4.05. The summed E-state index contributed by atoms with van der Waals surface area (Å²) in [4.78, 5) is 15.7. The molecule has 1 aliphatic rings. The average Bonchev–Trinajstić information content (AvgIpc) is 2.76. The van der Waals surface area contributed by atoms with Gasteiger partial charge in [0.15, 0.2) is 5.82 Å². The van der Waals surface area contributed by atoms with Crippen LogP contribution in [0.1, 0.15) is 11.7 Å². The zero-order chi connectivity index (χ0) is 12.1. The number of carbonyl (C=O) groups excluding carboxylic acids is 1. The van der Waals surface area contributed by atoms with E-state index in [1.807, 2.05) is 0 Å². The molecule has 94 valence electrons. The second-order valence-electron chi connectivity index (χ2n) is 3.83. The Morgan fingerprint density at radius 2 is 2.53 bits per heavy atom. The van der Waals surface area contributed by atoms with Gasteiger partial charge in [-0.15, -0.1) is 0 Å². The molecule has 1 unspecified atom stereocenters. The minimum Gasteiger partial charge on any atom is -0.366 e. The van der Waals surface area contributed by atoms with E-state index < -0.39 is 6.10 Å². The SMILES string of the molecule is Cc1nc(CCNC(=O)C2CNCCO2)no1. The van der Waals surface area contributed by atoms with Crippen molar-refractivity contribution in [2.75, 3.05) is 26.2 Å². The summed E-state index contributed by atoms with van der Waals surface area (Å²) >= 11 is 0. The van der Waals surface area contributed by atoms with Crippen molar-refractivity contribution in [1.29, 1.82) is 0 Å². The first kappa shape index (κ1) is 12.0. The number of hydrogen-bond donors (Lipinski definition) is 2. The number of hydrogen-bond acceptors (Lipinski definition) is 6. The van der Waals surface area contributed by atoms with Crippen molar-refractivity contribution in [2.45, 2.75) is 19.4 Å². The lowest BCUT2D eigenvalue weighted by Gasteiger charge is -2.22. The Morgan fingerprint density at radius 3 is 3.18 bits per heavy atom. The van der Waals surface area contributed by atoms with Gasteiger partial charge in [0.2, 0.25) is 11.8 Å². The zero-order valence-corrected chi connectivity index (χ0v) is 9.73. The summed E-state index contributed by atoms with van der Waals surface area (Å²) in [6.45, 7) is 4.15. The number of aromatic nitrogens is 2. The van der Waals surface area contributed by atoms with E-state index in [0.717, 1.165) is 6.54 Å². The Morgan fingerprint density at radius 1 is 1.65 bits per heavy atom. The van der Waals surface area contributed by atoms with Crippen LogP contribution in [-0.4, -0.2) is 48.4 Å². The first-order valence-corrected chi connectivity index (χ1v) is 5.65. The smallest absolute Gasteiger partial charge is 0.250 e. The molecule has 7 heteroatoms. The zero-order valence-electron chi connectivity index (χ0n) is 9.73. The van der Waals surface area contributed by atoms with E-state index in [9.17, 15) is 4.79 Å². The summed E-state index contributed by atoms with van der Waals surface area (Å²) in [6, 6.07) is 0. The molecule has 0 bridgehead atoms. The molecule has 0 saturated carbocycles. The molecule has 1 aromatic rings. The number of aryl methyl sites for hydroxylation is 1. The molecule has 0 radical (unpaired) electrons. The first-order valence-electron chi connectivity index (χ1n) is 5.65. The van der Waals surface area contributed by atoms with Crippen molar-refractivity contribution in [3.8, 4) is 0 Å². The molecule has 1 fully saturated rings. The minimum atomic E-state index is -0.393. The first-order chi connectivity index (χ1) is 8.25. The van der Waals surface area contributed by atoms with E-state index in [2.05, 4.69) is 20.8 Å². The van der Waals surface area contributed by atoms with Gasteiger partial charge in [-0.2, -0.15) is 4.98 Å². The lowest BCUT2D eigenvalue weighted by Crippen LogP contribution is -2.48. The summed E-state index contributed by atoms with van der Waals surface area (Å²) < 4.78 is 10.2. The number of nitrogens with zero attached hydrogens (tertiary/aromatic N) is 2. The van der Waals surface area contributed by atoms with Gasteiger partial charge in [-0.05, 0) is 0 Å². The molecular formula is C10H16N4O3. The molecule has 0 aliphatic carbocycles. The molecular weight excluding hydrogens is 224 g/mol. The minimum absolute atomic E-state index is 0.0996. The average molecular weight is 240 g/mol. The fourth-order valence-electron chi connectivity index (χ4n) is 1.59. The van der Waals surface area contributed by atoms with Crippen LogP contribution in [-0.2, 0) is 16.0 Å². The molecule has 2 N–H and O–H groups in total. The predicted molar refractivity (Wildman–Crippen MR) is 58.4 cm³/mol. The monoisotopic (exact) mass is 240 g/mol. The van der Waals surface area contributed by atoms with E-state index in [4.69, 9.17) is 9.26 Å². The van der Waals surface area contributed by atoms with Gasteiger partial charge in [0.05, 0.1) is 6.61 Å². The predicted octanol–water partition coefficient (Wildman–Crippen LogP) is -0.975. The number of ether oxygens (including phenoxy) is 1. The van der Waals surface area contributed by atoms with Crippen molar-refractivity contribution in [3.05, 3.63) is 11.7 Å². The van der Waals surface area contributed by atoms with Crippen LogP contribution >= 0.6 is 0 Å². The summed E-state index contributed by atoms with van der Waals surface area (Å²) in [5.41, 5.74) is 0. The van der Waals surface area contributed by atoms with Gasteiger partial charge in [0.1, 0.15) is 6.10 Å². The van der Waals surface area contributed by atoms with Crippen molar-refractivity contribution in [2.24, 2.45) is 0 Å². The van der Waals surface area contributed by atoms with E-state index in [-0.39, 0.29) is 5.91 Å². The second kappa shape index (κ2) is 5.74. The molecule has 1 aliphatic heterocycles. The maximum absolute atomic E-state index is 11.7. The van der Waals surface area contributed by atoms with Gasteiger partial charge in [-0.1, -0.05) is 5.16 Å². The molecule has 0 spiro atoms. The molecule has 0 aromatic carbocycles. The Labute approximate surface area is 98.9 Å². The lowest BCUT2D eigenvalue weighted by molar-refractivity contribution is -0.134. The number of rotatable bonds is 4. The summed E-state index contributed by atoms with van der Waals surface area (Å²) in [5.74, 6) is 1.04. The molecule has 1 aromatic heterocycles. The van der Waals surface area contributed by atoms with Gasteiger partial charge in [0.25, 0.3) is 0 Å². The second-order valence-corrected chi connectivity index (χ2v) is 3.83. The Bertz CT molecular complexity index is 373. The highest BCUT2D eigenvalue weighted by molar-refractivity contribution is 5.81.